The molecule has 2 heterocycles. The summed E-state index contributed by atoms with van der Waals surface area (Å²) >= 11 is 0. The molecule has 0 aliphatic carbocycles. The Morgan fingerprint density at radius 3 is 1.76 bits per heavy atom. The van der Waals surface area contributed by atoms with Gasteiger partial charge in [0.15, 0.2) is 5.78 Å². The number of carboxylic acids is 1. The number of carboxylic acid groups (broad SMARTS) is 1. The van der Waals surface area contributed by atoms with Crippen LogP contribution in [0.4, 0.5) is 0 Å². The van der Waals surface area contributed by atoms with E-state index in [0.717, 1.165) is 19.6 Å². The Hall–Kier alpha value is -10.4. The highest BCUT2D eigenvalue weighted by atomic mass is 16.4. The second kappa shape index (κ2) is 40.2. The monoisotopic (exact) mass is 1420 g/mol. The van der Waals surface area contributed by atoms with Crippen LogP contribution in [0.25, 0.3) is 0 Å². The van der Waals surface area contributed by atoms with E-state index < -0.39 is 207 Å². The van der Waals surface area contributed by atoms with E-state index in [4.69, 9.17) is 5.73 Å². The summed E-state index contributed by atoms with van der Waals surface area (Å²) in [5.74, 6) is -15.8. The van der Waals surface area contributed by atoms with E-state index in [1.807, 2.05) is 6.92 Å². The molecule has 3 aromatic carbocycles. The highest BCUT2D eigenvalue weighted by Gasteiger charge is 2.43. The maximum absolute atomic E-state index is 15.3. The van der Waals surface area contributed by atoms with E-state index in [2.05, 4.69) is 42.5 Å². The van der Waals surface area contributed by atoms with Crippen molar-refractivity contribution in [1.29, 1.82) is 0 Å². The molecule has 3 aromatic rings. The van der Waals surface area contributed by atoms with Crippen molar-refractivity contribution in [3.8, 4) is 5.75 Å². The van der Waals surface area contributed by atoms with E-state index in [1.54, 1.807) is 74.5 Å². The summed E-state index contributed by atoms with van der Waals surface area (Å²) in [6, 6.07) is 9.84. The fourth-order valence-electron chi connectivity index (χ4n) is 11.8. The van der Waals surface area contributed by atoms with Crippen molar-refractivity contribution in [1.82, 2.24) is 67.0 Å². The molecule has 5 rings (SSSR count). The highest BCUT2D eigenvalue weighted by Crippen LogP contribution is 2.24. The second-order valence-electron chi connectivity index (χ2n) is 26.0. The second-order valence-corrected chi connectivity index (χ2v) is 26.0. The summed E-state index contributed by atoms with van der Waals surface area (Å²) in [6.45, 7) is 1.98. The van der Waals surface area contributed by atoms with Crippen LogP contribution in [0.2, 0.25) is 0 Å². The molecule has 2 aliphatic heterocycles. The van der Waals surface area contributed by atoms with E-state index in [0.29, 0.717) is 36.0 Å². The van der Waals surface area contributed by atoms with E-state index in [9.17, 15) is 77.6 Å². The largest absolute Gasteiger partial charge is 0.508 e. The molecule has 32 heteroatoms. The number of hydrogen-bond donors (Lipinski definition) is 12. The number of ketones is 1. The maximum Gasteiger partial charge on any atom is 0.305 e. The van der Waals surface area contributed by atoms with Crippen molar-refractivity contribution in [2.45, 2.75) is 153 Å². The van der Waals surface area contributed by atoms with E-state index >= 15 is 9.59 Å². The number of aliphatic hydroxyl groups is 1. The van der Waals surface area contributed by atoms with Crippen LogP contribution in [0.15, 0.2) is 84.9 Å². The lowest BCUT2D eigenvalue weighted by atomic mass is 9.87. The topological polar surface area (TPSA) is 455 Å². The number of nitrogens with zero attached hydrogens (tertiary/aromatic N) is 5. The van der Waals surface area contributed by atoms with Crippen LogP contribution in [0, 0.1) is 11.8 Å². The van der Waals surface area contributed by atoms with Gasteiger partial charge in [-0.25, -0.2) is 0 Å². The number of hydrogen-bond acceptors (Lipinski definition) is 18. The number of Topliss-reactive ketones (excluding diaryl/α,β-unsaturated/α-hetero) is 1. The first kappa shape index (κ1) is 82.3. The minimum absolute atomic E-state index is 0.00580. The number of aromatic hydroxyl groups is 1. The summed E-state index contributed by atoms with van der Waals surface area (Å²) in [4.78, 5) is 215. The average Bonchev–Trinajstić information content (AvgIpc) is 1.61. The van der Waals surface area contributed by atoms with Crippen molar-refractivity contribution < 1.29 is 87.2 Å². The number of rotatable bonds is 17. The number of nitrogens with two attached hydrogens (primary N) is 1. The van der Waals surface area contributed by atoms with Crippen molar-refractivity contribution in [3.63, 3.8) is 0 Å². The third-order valence-corrected chi connectivity index (χ3v) is 18.0. The maximum atomic E-state index is 15.3. The van der Waals surface area contributed by atoms with Gasteiger partial charge in [-0.1, -0.05) is 113 Å². The molecule has 2 saturated heterocycles. The number of carbonyl (C=O) groups is 15. The smallest absolute Gasteiger partial charge is 0.305 e. The molecule has 0 bridgehead atoms. The number of fused-ring (bicyclic) bond motifs is 1. The van der Waals surface area contributed by atoms with Crippen molar-refractivity contribution in [2.24, 2.45) is 17.6 Å². The van der Waals surface area contributed by atoms with Gasteiger partial charge in [0, 0.05) is 72.9 Å². The Kier molecular flexibility index (Phi) is 32.4. The van der Waals surface area contributed by atoms with Crippen LogP contribution in [0.1, 0.15) is 95.8 Å². The molecule has 556 valence electrons. The number of unbranched alkanes of at least 4 members (excludes halogenated alkanes) is 2. The number of primary amides is 1. The summed E-state index contributed by atoms with van der Waals surface area (Å²) in [5.41, 5.74) is 6.98. The molecule has 0 radical (unpaired) electrons. The number of benzene rings is 3. The Bertz CT molecular complexity index is 3450. The minimum Gasteiger partial charge on any atom is -0.508 e. The van der Waals surface area contributed by atoms with Crippen LogP contribution in [-0.2, 0) is 91.2 Å². The highest BCUT2D eigenvalue weighted by molar-refractivity contribution is 6.00. The SMILES string of the molecule is CCCCC[C@@H]1NC(=O)CNC(=O)[C@H](CO)NC(=O)[C@H](C(C)C)CC(=O)[C@H](CC(=O)O)NC(=O)[C@H](C)N(C)C(=O)CNC[C@@H](C(=O)NCC(N)=O)NC(=O)[C@@H]2CCCN2C(=O)[C@H](Cc2ccccc2)N(C)C(=O)[C@H](Cc2ccc(O)cc2)NC(=O)CN(C)C(=O)[C@H](Cc2ccccc2)N(C)C1=O. The zero-order chi connectivity index (χ0) is 75.5. The fraction of sp³-hybridized carbons (Fsp3) is 0.529. The molecule has 102 heavy (non-hydrogen) atoms. The van der Waals surface area contributed by atoms with Gasteiger partial charge in [0.1, 0.15) is 54.1 Å². The number of phenolic OH excluding ortho intramolecular Hbond substituents is 1. The Morgan fingerprint density at radius 2 is 1.20 bits per heavy atom. The third kappa shape index (κ3) is 24.8. The first-order chi connectivity index (χ1) is 48.3. The van der Waals surface area contributed by atoms with Gasteiger partial charge in [0.05, 0.1) is 45.2 Å². The summed E-state index contributed by atoms with van der Waals surface area (Å²) in [6.07, 6.45) is 0.0586. The Labute approximate surface area is 592 Å². The quantitative estimate of drug-likeness (QED) is 0.0616. The molecule has 0 spiro atoms. The minimum atomic E-state index is -1.77. The average molecular weight is 1420 g/mol. The normalized spacial score (nSPS) is 24.1. The van der Waals surface area contributed by atoms with Gasteiger partial charge in [-0.15, -0.1) is 0 Å². The number of carbonyl (C=O) groups excluding carboxylic acids is 14. The van der Waals surface area contributed by atoms with Gasteiger partial charge in [-0.05, 0) is 60.9 Å². The number of likely N-dealkylation sites (N-methyl/N-ethyl adjacent to an activating group) is 4. The van der Waals surface area contributed by atoms with Crippen LogP contribution in [-0.4, -0.2) is 257 Å². The molecular weight excluding hydrogens is 1320 g/mol. The lowest BCUT2D eigenvalue weighted by Crippen LogP contribution is -2.60. The predicted molar refractivity (Wildman–Crippen MR) is 369 cm³/mol. The lowest BCUT2D eigenvalue weighted by molar-refractivity contribution is -0.149. The molecule has 2 aliphatic rings. The van der Waals surface area contributed by atoms with Crippen LogP contribution < -0.4 is 48.3 Å². The summed E-state index contributed by atoms with van der Waals surface area (Å²) in [5, 5.41) is 50.6. The van der Waals surface area contributed by atoms with Crippen LogP contribution in [0.3, 0.4) is 0 Å². The summed E-state index contributed by atoms with van der Waals surface area (Å²) in [7, 11) is 5.24. The number of aliphatic carboxylic acids is 1. The van der Waals surface area contributed by atoms with E-state index in [1.165, 1.54) is 64.3 Å². The van der Waals surface area contributed by atoms with Gasteiger partial charge in [-0.2, -0.15) is 0 Å². The standard InChI is InChI=1S/C70H98N14O18/c1-9-10-13-23-48-67(99)82(7)54(31-43-19-14-11-15-20-43)69(101)80(5)39-59(90)76-50(30-45-25-27-46(86)28-26-45)68(100)83(8)55(32-44-21-16-12-17-22-44)70(102)84-29-18-24-53(84)66(98)78-51(64(96)73-36-57(71)88)35-72-38-60(91)81(6)42(4)62(94)77-49(34-61(92)93)56(87)33-47(41(2)3)63(95)79-52(40-85)65(97)74-37-58(89)75-48/h11-12,14-17,19-22,25-28,41-42,47-55,72,85-86H,9-10,13,18,23-24,29-40H2,1-8H3,(H2,71,88)(H,73,96)(H,74,97)(H,75,89)(H,76,90)(H,77,94)(H,78,98)(H,79,95)(H,92,93)/t42-,47-,48-,49-,50-,51-,52-,53-,54-,55-/m0/s1. The third-order valence-electron chi connectivity index (χ3n) is 18.0. The number of phenols is 1. The van der Waals surface area contributed by atoms with Crippen molar-refractivity contribution in [2.75, 3.05) is 74.1 Å². The van der Waals surface area contributed by atoms with Gasteiger partial charge in [0.2, 0.25) is 76.8 Å². The number of amides is 13. The Balaban J connectivity index is 1.57. The molecule has 10 atom stereocenters. The molecular formula is C70H98N14O18. The molecule has 32 nitrogen and oxygen atoms in total. The van der Waals surface area contributed by atoms with E-state index in [-0.39, 0.29) is 50.8 Å². The number of nitrogens with one attached hydrogen (secondary N) is 8. The zero-order valence-corrected chi connectivity index (χ0v) is 58.9. The summed E-state index contributed by atoms with van der Waals surface area (Å²) < 4.78 is 0. The van der Waals surface area contributed by atoms with Gasteiger partial charge in [0.25, 0.3) is 0 Å². The molecule has 2 fully saturated rings. The molecule has 0 aromatic heterocycles. The zero-order valence-electron chi connectivity index (χ0n) is 58.9. The molecule has 13 amide bonds. The first-order valence-electron chi connectivity index (χ1n) is 34.0. The molecule has 0 saturated carbocycles. The van der Waals surface area contributed by atoms with Crippen molar-refractivity contribution >= 4 is 88.5 Å². The van der Waals surface area contributed by atoms with Crippen LogP contribution >= 0.6 is 0 Å². The first-order valence-corrected chi connectivity index (χ1v) is 34.0. The molecule has 0 unspecified atom stereocenters. The predicted octanol–water partition coefficient (Wildman–Crippen LogP) is -2.61. The number of aliphatic hydroxyl groups excluding tert-OH is 1. The lowest BCUT2D eigenvalue weighted by Gasteiger charge is -2.35. The van der Waals surface area contributed by atoms with Gasteiger partial charge < -0.3 is 88.1 Å². The Morgan fingerprint density at radius 1 is 0.627 bits per heavy atom. The van der Waals surface area contributed by atoms with Gasteiger partial charge in [-0.3, -0.25) is 71.9 Å². The van der Waals surface area contributed by atoms with Crippen LogP contribution in [0.5, 0.6) is 5.75 Å². The fourth-order valence-corrected chi connectivity index (χ4v) is 11.8. The van der Waals surface area contributed by atoms with Gasteiger partial charge >= 0.3 is 5.97 Å². The van der Waals surface area contributed by atoms with Crippen molar-refractivity contribution in [3.05, 3.63) is 102 Å². The molecule has 13 N–H and O–H groups in total.